The highest BCUT2D eigenvalue weighted by molar-refractivity contribution is 5.71. The topological polar surface area (TPSA) is 48.1 Å². The predicted molar refractivity (Wildman–Crippen MR) is 93.6 cm³/mol. The molecule has 1 atom stereocenters. The number of benzene rings is 1. The summed E-state index contributed by atoms with van der Waals surface area (Å²) in [5.74, 6) is -0.825. The summed E-state index contributed by atoms with van der Waals surface area (Å²) in [7, 11) is 0. The molecule has 27 heavy (non-hydrogen) atoms. The van der Waals surface area contributed by atoms with Crippen LogP contribution in [-0.4, -0.2) is 37.2 Å². The Kier molecular flexibility index (Phi) is 4.37. The first-order valence-corrected chi connectivity index (χ1v) is 8.91. The van der Waals surface area contributed by atoms with E-state index in [9.17, 15) is 17.6 Å². The van der Waals surface area contributed by atoms with Gasteiger partial charge in [0.05, 0.1) is 5.41 Å². The monoisotopic (exact) mass is 380 g/mol. The minimum Gasteiger partial charge on any atom is -0.490 e. The van der Waals surface area contributed by atoms with Gasteiger partial charge < -0.3 is 10.5 Å². The molecule has 0 bridgehead atoms. The summed E-state index contributed by atoms with van der Waals surface area (Å²) in [5, 5.41) is 0. The molecule has 1 aromatic carbocycles. The third-order valence-electron chi connectivity index (χ3n) is 5.63. The van der Waals surface area contributed by atoms with E-state index in [0.29, 0.717) is 35.4 Å². The molecule has 144 valence electrons. The third-order valence-corrected chi connectivity index (χ3v) is 5.63. The van der Waals surface area contributed by atoms with Gasteiger partial charge in [0.1, 0.15) is 42.9 Å². The van der Waals surface area contributed by atoms with Crippen molar-refractivity contribution in [2.75, 3.05) is 26.5 Å². The van der Waals surface area contributed by atoms with Crippen molar-refractivity contribution < 1.29 is 22.3 Å². The van der Waals surface area contributed by atoms with E-state index in [1.807, 2.05) is 0 Å². The fraction of sp³-hybridized carbons (Fsp3) is 0.450. The molecular weight excluding hydrogens is 360 g/mol. The van der Waals surface area contributed by atoms with Crippen LogP contribution in [0.1, 0.15) is 30.0 Å². The van der Waals surface area contributed by atoms with E-state index >= 15 is 0 Å². The van der Waals surface area contributed by atoms with Gasteiger partial charge in [-0.25, -0.2) is 22.5 Å². The largest absolute Gasteiger partial charge is 0.490 e. The Morgan fingerprint density at radius 2 is 1.81 bits per heavy atom. The third kappa shape index (κ3) is 2.88. The summed E-state index contributed by atoms with van der Waals surface area (Å²) in [5.41, 5.74) is 4.48. The molecule has 2 aliphatic rings. The van der Waals surface area contributed by atoms with Crippen LogP contribution in [0.2, 0.25) is 0 Å². The molecule has 1 aliphatic carbocycles. The minimum atomic E-state index is -1.44. The fourth-order valence-electron chi connectivity index (χ4n) is 3.68. The zero-order valence-electron chi connectivity index (χ0n) is 14.7. The molecule has 0 spiro atoms. The molecule has 1 aliphatic heterocycles. The van der Waals surface area contributed by atoms with Crippen molar-refractivity contribution in [2.45, 2.75) is 29.8 Å². The average molecular weight is 380 g/mol. The normalized spacial score (nSPS) is 20.0. The van der Waals surface area contributed by atoms with Crippen molar-refractivity contribution in [1.29, 1.82) is 0 Å². The molecule has 1 fully saturated rings. The molecule has 1 unspecified atom stereocenters. The highest BCUT2D eigenvalue weighted by Crippen LogP contribution is 2.52. The van der Waals surface area contributed by atoms with Crippen molar-refractivity contribution >= 4 is 0 Å². The number of halogens is 4. The number of hydrogen-bond acceptors (Lipinski definition) is 3. The Morgan fingerprint density at radius 3 is 2.37 bits per heavy atom. The molecule has 0 radical (unpaired) electrons. The number of hydrogen-bond donors (Lipinski definition) is 1. The van der Waals surface area contributed by atoms with Gasteiger partial charge in [0.15, 0.2) is 0 Å². The Labute approximate surface area is 154 Å². The lowest BCUT2D eigenvalue weighted by Gasteiger charge is -2.24. The van der Waals surface area contributed by atoms with Gasteiger partial charge in [0, 0.05) is 29.3 Å². The Morgan fingerprint density at radius 1 is 1.15 bits per heavy atom. The van der Waals surface area contributed by atoms with Gasteiger partial charge in [-0.05, 0) is 43.2 Å². The van der Waals surface area contributed by atoms with Gasteiger partial charge in [0.25, 0.3) is 0 Å². The summed E-state index contributed by atoms with van der Waals surface area (Å²) in [6, 6.07) is 7.08. The SMILES string of the molecule is NCC(c1cc2c(c(-c3ccc(F)cc3)n1)OCC2(CF)CF)C1(F)CC1. The van der Waals surface area contributed by atoms with Gasteiger partial charge >= 0.3 is 0 Å². The second-order valence-corrected chi connectivity index (χ2v) is 7.44. The lowest BCUT2D eigenvalue weighted by molar-refractivity contribution is 0.185. The van der Waals surface area contributed by atoms with E-state index in [0.717, 1.165) is 0 Å². The Balaban J connectivity index is 1.92. The standard InChI is InChI=1S/C20H20F4N2O/c21-9-19(10-22)11-27-18-14(19)7-16(15(8-25)20(24)5-6-20)26-17(18)12-1-3-13(23)4-2-12/h1-4,7,15H,5-6,8-11,25H2. The van der Waals surface area contributed by atoms with Crippen LogP contribution in [0.15, 0.2) is 30.3 Å². The molecule has 4 rings (SSSR count). The second kappa shape index (κ2) is 6.48. The van der Waals surface area contributed by atoms with Crippen LogP contribution >= 0.6 is 0 Å². The first-order valence-electron chi connectivity index (χ1n) is 8.91. The van der Waals surface area contributed by atoms with Crippen LogP contribution in [0, 0.1) is 5.82 Å². The molecule has 0 saturated heterocycles. The van der Waals surface area contributed by atoms with E-state index < -0.39 is 36.2 Å². The smallest absolute Gasteiger partial charge is 0.149 e. The number of fused-ring (bicyclic) bond motifs is 1. The van der Waals surface area contributed by atoms with Gasteiger partial charge in [-0.2, -0.15) is 0 Å². The molecule has 3 nitrogen and oxygen atoms in total. The van der Waals surface area contributed by atoms with Crippen LogP contribution in [0.25, 0.3) is 11.3 Å². The second-order valence-electron chi connectivity index (χ2n) is 7.44. The van der Waals surface area contributed by atoms with Gasteiger partial charge in [-0.3, -0.25) is 0 Å². The Bertz CT molecular complexity index is 848. The van der Waals surface area contributed by atoms with Crippen molar-refractivity contribution in [2.24, 2.45) is 5.73 Å². The predicted octanol–water partition coefficient (Wildman–Crippen LogP) is 4.00. The maximum absolute atomic E-state index is 14.8. The molecule has 7 heteroatoms. The quantitative estimate of drug-likeness (QED) is 0.771. The molecule has 1 aromatic heterocycles. The number of aromatic nitrogens is 1. The number of nitrogens with zero attached hydrogens (tertiary/aromatic N) is 1. The highest BCUT2D eigenvalue weighted by atomic mass is 19.1. The maximum Gasteiger partial charge on any atom is 0.149 e. The molecular formula is C20H20F4N2O. The average Bonchev–Trinajstić information content (AvgIpc) is 3.31. The lowest BCUT2D eigenvalue weighted by atomic mass is 9.83. The summed E-state index contributed by atoms with van der Waals surface area (Å²) in [6.45, 7) is -2.03. The minimum absolute atomic E-state index is 0.0320. The van der Waals surface area contributed by atoms with Gasteiger partial charge in [0.2, 0.25) is 0 Å². The zero-order valence-corrected chi connectivity index (χ0v) is 14.7. The fourth-order valence-corrected chi connectivity index (χ4v) is 3.68. The lowest BCUT2D eigenvalue weighted by Crippen LogP contribution is -2.33. The molecule has 2 N–H and O–H groups in total. The summed E-state index contributed by atoms with van der Waals surface area (Å²) < 4.78 is 61.3. The molecule has 2 heterocycles. The van der Waals surface area contributed by atoms with Crippen molar-refractivity contribution in [3.63, 3.8) is 0 Å². The van der Waals surface area contributed by atoms with Crippen LogP contribution < -0.4 is 10.5 Å². The Hall–Kier alpha value is -2.15. The van der Waals surface area contributed by atoms with Crippen LogP contribution in [0.4, 0.5) is 17.6 Å². The maximum atomic E-state index is 14.8. The molecule has 0 amide bonds. The van der Waals surface area contributed by atoms with Crippen molar-refractivity contribution in [1.82, 2.24) is 4.98 Å². The van der Waals surface area contributed by atoms with Crippen LogP contribution in [0.3, 0.4) is 0 Å². The zero-order chi connectivity index (χ0) is 19.2. The van der Waals surface area contributed by atoms with Crippen molar-refractivity contribution in [3.05, 3.63) is 47.4 Å². The number of nitrogens with two attached hydrogens (primary N) is 1. The van der Waals surface area contributed by atoms with E-state index in [1.165, 1.54) is 30.3 Å². The highest BCUT2D eigenvalue weighted by Gasteiger charge is 2.52. The summed E-state index contributed by atoms with van der Waals surface area (Å²) in [4.78, 5) is 4.54. The first kappa shape index (κ1) is 18.2. The van der Waals surface area contributed by atoms with E-state index in [4.69, 9.17) is 10.5 Å². The molecule has 1 saturated carbocycles. The number of alkyl halides is 3. The van der Waals surface area contributed by atoms with Crippen LogP contribution in [-0.2, 0) is 5.41 Å². The van der Waals surface area contributed by atoms with Crippen LogP contribution in [0.5, 0.6) is 5.75 Å². The van der Waals surface area contributed by atoms with E-state index in [-0.39, 0.29) is 18.9 Å². The summed E-state index contributed by atoms with van der Waals surface area (Å²) >= 11 is 0. The van der Waals surface area contributed by atoms with Crippen molar-refractivity contribution in [3.8, 4) is 17.0 Å². The first-order chi connectivity index (χ1) is 13.0. The summed E-state index contributed by atoms with van der Waals surface area (Å²) in [6.07, 6.45) is 0.765. The number of ether oxygens (including phenoxy) is 1. The van der Waals surface area contributed by atoms with E-state index in [1.54, 1.807) is 0 Å². The number of rotatable bonds is 6. The van der Waals surface area contributed by atoms with Gasteiger partial charge in [-0.1, -0.05) is 0 Å². The van der Waals surface area contributed by atoms with E-state index in [2.05, 4.69) is 4.98 Å². The van der Waals surface area contributed by atoms with Gasteiger partial charge in [-0.15, -0.1) is 0 Å². The molecule has 2 aromatic rings. The number of pyridine rings is 1.